The quantitative estimate of drug-likeness (QED) is 0.858. The maximum atomic E-state index is 11.9. The van der Waals surface area contributed by atoms with Crippen molar-refractivity contribution in [2.24, 2.45) is 0 Å². The molecule has 0 saturated heterocycles. The third kappa shape index (κ3) is 4.59. The molecule has 5 nitrogen and oxygen atoms in total. The summed E-state index contributed by atoms with van der Waals surface area (Å²) in [6.07, 6.45) is 0.346. The molecule has 2 unspecified atom stereocenters. The molecule has 24 heavy (non-hydrogen) atoms. The third-order valence-electron chi connectivity index (χ3n) is 3.97. The average molecular weight is 324 g/mol. The first-order valence-corrected chi connectivity index (χ1v) is 8.01. The van der Waals surface area contributed by atoms with Crippen LogP contribution < -0.4 is 10.6 Å². The van der Waals surface area contributed by atoms with Crippen molar-refractivity contribution in [2.45, 2.75) is 25.0 Å². The van der Waals surface area contributed by atoms with Gasteiger partial charge in [0.25, 0.3) is 0 Å². The van der Waals surface area contributed by atoms with Crippen LogP contribution in [-0.4, -0.2) is 24.6 Å². The molecule has 0 radical (unpaired) electrons. The van der Waals surface area contributed by atoms with Crippen LogP contribution in [0, 0.1) is 0 Å². The zero-order chi connectivity index (χ0) is 16.8. The van der Waals surface area contributed by atoms with Gasteiger partial charge >= 0.3 is 6.09 Å². The molecule has 2 aromatic carbocycles. The molecule has 1 aliphatic carbocycles. The highest BCUT2D eigenvalue weighted by Crippen LogP contribution is 2.40. The molecule has 0 aliphatic heterocycles. The molecule has 1 aliphatic rings. The van der Waals surface area contributed by atoms with E-state index >= 15 is 0 Å². The van der Waals surface area contributed by atoms with Gasteiger partial charge in [-0.2, -0.15) is 0 Å². The fraction of sp³-hybridized carbons (Fsp3) is 0.263. The molecule has 0 bridgehead atoms. The van der Waals surface area contributed by atoms with E-state index in [9.17, 15) is 9.59 Å². The van der Waals surface area contributed by atoms with Gasteiger partial charge in [0.15, 0.2) is 0 Å². The van der Waals surface area contributed by atoms with Crippen molar-refractivity contribution in [1.82, 2.24) is 10.6 Å². The van der Waals surface area contributed by atoms with E-state index in [2.05, 4.69) is 22.8 Å². The molecule has 1 saturated carbocycles. The lowest BCUT2D eigenvalue weighted by Crippen LogP contribution is -2.38. The van der Waals surface area contributed by atoms with Crippen molar-refractivity contribution in [1.29, 1.82) is 0 Å². The lowest BCUT2D eigenvalue weighted by Gasteiger charge is -2.08. The summed E-state index contributed by atoms with van der Waals surface area (Å²) in [4.78, 5) is 23.5. The number of benzene rings is 2. The van der Waals surface area contributed by atoms with Crippen LogP contribution >= 0.6 is 0 Å². The number of hydrogen-bond donors (Lipinski definition) is 2. The van der Waals surface area contributed by atoms with Crippen LogP contribution in [0.2, 0.25) is 0 Å². The van der Waals surface area contributed by atoms with Crippen LogP contribution in [0.5, 0.6) is 0 Å². The standard InChI is InChI=1S/C19H20N2O3/c22-18(21-17-11-16(17)15-9-5-2-6-10-15)12-20-19(23)24-13-14-7-3-1-4-8-14/h1-10,16-17H,11-13H2,(H,20,23)(H,21,22). The Morgan fingerprint density at radius 3 is 2.38 bits per heavy atom. The van der Waals surface area contributed by atoms with Crippen LogP contribution in [0.15, 0.2) is 60.7 Å². The van der Waals surface area contributed by atoms with Crippen molar-refractivity contribution in [3.05, 3.63) is 71.8 Å². The van der Waals surface area contributed by atoms with Gasteiger partial charge in [-0.05, 0) is 17.5 Å². The van der Waals surface area contributed by atoms with Crippen molar-refractivity contribution in [3.8, 4) is 0 Å². The van der Waals surface area contributed by atoms with Gasteiger partial charge in [-0.1, -0.05) is 60.7 Å². The SMILES string of the molecule is O=C(CNC(=O)OCc1ccccc1)NC1CC1c1ccccc1. The van der Waals surface area contributed by atoms with Crippen molar-refractivity contribution >= 4 is 12.0 Å². The molecule has 0 spiro atoms. The molecular formula is C19H20N2O3. The molecular weight excluding hydrogens is 304 g/mol. The van der Waals surface area contributed by atoms with Gasteiger partial charge in [0.1, 0.15) is 13.2 Å². The molecule has 2 N–H and O–H groups in total. The highest BCUT2D eigenvalue weighted by Gasteiger charge is 2.39. The summed E-state index contributed by atoms with van der Waals surface area (Å²) in [6, 6.07) is 19.7. The maximum absolute atomic E-state index is 11.9. The van der Waals surface area contributed by atoms with Gasteiger partial charge in [-0.3, -0.25) is 4.79 Å². The fourth-order valence-electron chi connectivity index (χ4n) is 2.61. The highest BCUT2D eigenvalue weighted by atomic mass is 16.5. The lowest BCUT2D eigenvalue weighted by molar-refractivity contribution is -0.120. The average Bonchev–Trinajstić information content (AvgIpc) is 3.39. The molecule has 124 valence electrons. The number of alkyl carbamates (subject to hydrolysis) is 1. The number of carbonyl (C=O) groups excluding carboxylic acids is 2. The zero-order valence-corrected chi connectivity index (χ0v) is 13.3. The summed E-state index contributed by atoms with van der Waals surface area (Å²) in [6.45, 7) is 0.110. The van der Waals surface area contributed by atoms with Gasteiger partial charge in [0.2, 0.25) is 5.91 Å². The van der Waals surface area contributed by atoms with Crippen molar-refractivity contribution < 1.29 is 14.3 Å². The zero-order valence-electron chi connectivity index (χ0n) is 13.3. The number of nitrogens with one attached hydrogen (secondary N) is 2. The molecule has 0 aromatic heterocycles. The van der Waals surface area contributed by atoms with E-state index in [-0.39, 0.29) is 25.1 Å². The van der Waals surface area contributed by atoms with E-state index in [1.54, 1.807) is 0 Å². The Morgan fingerprint density at radius 1 is 1.00 bits per heavy atom. The number of amides is 2. The first-order chi connectivity index (χ1) is 11.7. The molecule has 5 heteroatoms. The van der Waals surface area contributed by atoms with Crippen LogP contribution in [0.3, 0.4) is 0 Å². The predicted octanol–water partition coefficient (Wildman–Crippen LogP) is 2.59. The Balaban J connectivity index is 1.34. The second kappa shape index (κ2) is 7.64. The first kappa shape index (κ1) is 16.1. The normalized spacial score (nSPS) is 18.5. The first-order valence-electron chi connectivity index (χ1n) is 8.01. The van der Waals surface area contributed by atoms with E-state index in [4.69, 9.17) is 4.74 Å². The number of rotatable bonds is 6. The summed E-state index contributed by atoms with van der Waals surface area (Å²) in [7, 11) is 0. The summed E-state index contributed by atoms with van der Waals surface area (Å²) in [5, 5.41) is 5.39. The molecule has 3 rings (SSSR count). The number of ether oxygens (including phenoxy) is 1. The van der Waals surface area contributed by atoms with Crippen molar-refractivity contribution in [3.63, 3.8) is 0 Å². The van der Waals surface area contributed by atoms with E-state index < -0.39 is 6.09 Å². The van der Waals surface area contributed by atoms with Gasteiger partial charge < -0.3 is 15.4 Å². The Kier molecular flexibility index (Phi) is 5.11. The monoisotopic (exact) mass is 324 g/mol. The second-order valence-electron chi connectivity index (χ2n) is 5.84. The largest absolute Gasteiger partial charge is 0.445 e. The second-order valence-corrected chi connectivity index (χ2v) is 5.84. The Hall–Kier alpha value is -2.82. The van der Waals surface area contributed by atoms with Crippen LogP contribution in [0.1, 0.15) is 23.5 Å². The van der Waals surface area contributed by atoms with E-state index in [1.807, 2.05) is 48.5 Å². The number of carbonyl (C=O) groups is 2. The molecule has 2 amide bonds. The van der Waals surface area contributed by atoms with E-state index in [0.717, 1.165) is 12.0 Å². The molecule has 1 fully saturated rings. The van der Waals surface area contributed by atoms with Crippen LogP contribution in [-0.2, 0) is 16.1 Å². The van der Waals surface area contributed by atoms with Gasteiger partial charge in [0, 0.05) is 12.0 Å². The summed E-state index contributed by atoms with van der Waals surface area (Å²) in [5.74, 6) is 0.176. The summed E-state index contributed by atoms with van der Waals surface area (Å²) >= 11 is 0. The minimum Gasteiger partial charge on any atom is -0.445 e. The summed E-state index contributed by atoms with van der Waals surface area (Å²) < 4.78 is 5.06. The minimum absolute atomic E-state index is 0.0777. The lowest BCUT2D eigenvalue weighted by atomic mass is 10.1. The Morgan fingerprint density at radius 2 is 1.67 bits per heavy atom. The fourth-order valence-corrected chi connectivity index (χ4v) is 2.61. The number of hydrogen-bond acceptors (Lipinski definition) is 3. The molecule has 0 heterocycles. The van der Waals surface area contributed by atoms with Crippen molar-refractivity contribution in [2.75, 3.05) is 6.54 Å². The smallest absolute Gasteiger partial charge is 0.407 e. The molecule has 2 aromatic rings. The van der Waals surface area contributed by atoms with E-state index in [1.165, 1.54) is 5.56 Å². The molecule has 2 atom stereocenters. The third-order valence-corrected chi connectivity index (χ3v) is 3.97. The highest BCUT2D eigenvalue weighted by molar-refractivity contribution is 5.82. The maximum Gasteiger partial charge on any atom is 0.407 e. The minimum atomic E-state index is -0.593. The van der Waals surface area contributed by atoms with Crippen LogP contribution in [0.25, 0.3) is 0 Å². The van der Waals surface area contributed by atoms with E-state index in [0.29, 0.717) is 5.92 Å². The van der Waals surface area contributed by atoms with Gasteiger partial charge in [0.05, 0.1) is 0 Å². The van der Waals surface area contributed by atoms with Gasteiger partial charge in [-0.15, -0.1) is 0 Å². The summed E-state index contributed by atoms with van der Waals surface area (Å²) in [5.41, 5.74) is 2.14. The Bertz CT molecular complexity index is 688. The Labute approximate surface area is 141 Å². The van der Waals surface area contributed by atoms with Crippen LogP contribution in [0.4, 0.5) is 4.79 Å². The van der Waals surface area contributed by atoms with Gasteiger partial charge in [-0.25, -0.2) is 4.79 Å². The predicted molar refractivity (Wildman–Crippen MR) is 90.4 cm³/mol. The topological polar surface area (TPSA) is 67.4 Å².